The van der Waals surface area contributed by atoms with Crippen molar-refractivity contribution in [1.29, 1.82) is 0 Å². The third-order valence-electron chi connectivity index (χ3n) is 5.44. The summed E-state index contributed by atoms with van der Waals surface area (Å²) in [7, 11) is 1.67. The van der Waals surface area contributed by atoms with Crippen molar-refractivity contribution < 1.29 is 4.74 Å². The van der Waals surface area contributed by atoms with E-state index in [9.17, 15) is 0 Å². The molecule has 0 bridgehead atoms. The Morgan fingerprint density at radius 2 is 1.97 bits per heavy atom. The quantitative estimate of drug-likeness (QED) is 0.525. The van der Waals surface area contributed by atoms with E-state index in [-0.39, 0.29) is 0 Å². The van der Waals surface area contributed by atoms with Gasteiger partial charge in [0.1, 0.15) is 0 Å². The number of nitrogens with zero attached hydrogens (tertiary/aromatic N) is 6. The number of methoxy groups -OCH3 is 1. The largest absolute Gasteiger partial charge is 0.481 e. The first-order valence-corrected chi connectivity index (χ1v) is 9.77. The lowest BCUT2D eigenvalue weighted by Crippen LogP contribution is -2.20. The molecule has 4 aromatic heterocycles. The van der Waals surface area contributed by atoms with Crippen LogP contribution in [0.4, 0.5) is 0 Å². The first-order chi connectivity index (χ1) is 14.3. The van der Waals surface area contributed by atoms with Crippen LogP contribution in [-0.4, -0.2) is 49.7 Å². The molecule has 5 rings (SSSR count). The van der Waals surface area contributed by atoms with Gasteiger partial charge >= 0.3 is 0 Å². The summed E-state index contributed by atoms with van der Waals surface area (Å²) in [6.45, 7) is 2.78. The van der Waals surface area contributed by atoms with Crippen LogP contribution >= 0.6 is 0 Å². The number of ether oxygens (including phenoxy) is 1. The van der Waals surface area contributed by atoms with E-state index in [4.69, 9.17) is 14.8 Å². The van der Waals surface area contributed by atoms with Gasteiger partial charge in [-0.2, -0.15) is 5.10 Å². The second kappa shape index (κ2) is 7.60. The molecule has 0 radical (unpaired) electrons. The first-order valence-electron chi connectivity index (χ1n) is 9.77. The molecule has 7 heteroatoms. The maximum absolute atomic E-state index is 5.38. The van der Waals surface area contributed by atoms with Crippen LogP contribution in [-0.2, 0) is 6.54 Å². The molecule has 1 atom stereocenters. The lowest BCUT2D eigenvalue weighted by molar-refractivity contribution is 0.313. The molecule has 0 unspecified atom stereocenters. The third-order valence-corrected chi connectivity index (χ3v) is 5.44. The van der Waals surface area contributed by atoms with Gasteiger partial charge in [0, 0.05) is 54.9 Å². The van der Waals surface area contributed by atoms with Gasteiger partial charge in [-0.05, 0) is 48.9 Å². The van der Waals surface area contributed by atoms with E-state index < -0.39 is 0 Å². The SMILES string of the molecule is COc1ncccc1CN1CC[C@@H](c2nc3ccc(-c4ccncc4)cn3n2)C1. The standard InChI is InChI=1S/C22H22N6O/c1-29-22-19(3-2-9-24-22)14-27-12-8-18(13-27)21-25-20-5-4-17(15-28(20)26-21)16-6-10-23-11-7-16/h2-7,9-11,15,18H,8,12-14H2,1H3/t18-/m1/s1. The number of rotatable bonds is 5. The highest BCUT2D eigenvalue weighted by molar-refractivity contribution is 5.63. The van der Waals surface area contributed by atoms with Gasteiger partial charge in [-0.1, -0.05) is 6.07 Å². The van der Waals surface area contributed by atoms with Gasteiger partial charge < -0.3 is 4.74 Å². The number of fused-ring (bicyclic) bond motifs is 1. The molecule has 1 fully saturated rings. The molecule has 1 saturated heterocycles. The van der Waals surface area contributed by atoms with Crippen LogP contribution in [0.5, 0.6) is 5.88 Å². The van der Waals surface area contributed by atoms with Crippen molar-refractivity contribution in [2.45, 2.75) is 18.9 Å². The van der Waals surface area contributed by atoms with E-state index in [0.29, 0.717) is 11.8 Å². The van der Waals surface area contributed by atoms with Crippen molar-refractivity contribution in [3.05, 3.63) is 72.6 Å². The predicted octanol–water partition coefficient (Wildman–Crippen LogP) is 3.18. The molecule has 1 aliphatic rings. The van der Waals surface area contributed by atoms with Gasteiger partial charge in [-0.15, -0.1) is 0 Å². The molecule has 0 aromatic carbocycles. The molecule has 7 nitrogen and oxygen atoms in total. The summed E-state index contributed by atoms with van der Waals surface area (Å²) in [5, 5.41) is 4.78. The van der Waals surface area contributed by atoms with E-state index in [1.54, 1.807) is 25.7 Å². The van der Waals surface area contributed by atoms with Gasteiger partial charge in [0.05, 0.1) is 7.11 Å². The summed E-state index contributed by atoms with van der Waals surface area (Å²) in [6.07, 6.45) is 8.45. The topological polar surface area (TPSA) is 68.4 Å². The zero-order valence-corrected chi connectivity index (χ0v) is 16.3. The molecule has 0 spiro atoms. The van der Waals surface area contributed by atoms with Crippen LogP contribution in [0, 0.1) is 0 Å². The highest BCUT2D eigenvalue weighted by Gasteiger charge is 2.27. The molecule has 0 amide bonds. The van der Waals surface area contributed by atoms with Crippen LogP contribution in [0.3, 0.4) is 0 Å². The fourth-order valence-electron chi connectivity index (χ4n) is 3.94. The number of hydrogen-bond donors (Lipinski definition) is 0. The highest BCUT2D eigenvalue weighted by Crippen LogP contribution is 2.28. The van der Waals surface area contributed by atoms with Gasteiger partial charge in [0.2, 0.25) is 5.88 Å². The zero-order valence-electron chi connectivity index (χ0n) is 16.3. The average molecular weight is 386 g/mol. The Hall–Kier alpha value is -3.32. The Bertz CT molecular complexity index is 1130. The summed E-state index contributed by atoms with van der Waals surface area (Å²) < 4.78 is 7.27. The van der Waals surface area contributed by atoms with Crippen LogP contribution < -0.4 is 4.74 Å². The van der Waals surface area contributed by atoms with Crippen molar-refractivity contribution in [3.8, 4) is 17.0 Å². The van der Waals surface area contributed by atoms with E-state index in [1.165, 1.54) is 0 Å². The van der Waals surface area contributed by atoms with E-state index in [0.717, 1.165) is 54.2 Å². The molecule has 29 heavy (non-hydrogen) atoms. The van der Waals surface area contributed by atoms with Gasteiger partial charge in [-0.25, -0.2) is 14.5 Å². The summed E-state index contributed by atoms with van der Waals surface area (Å²) in [6, 6.07) is 12.1. The number of likely N-dealkylation sites (tertiary alicyclic amines) is 1. The van der Waals surface area contributed by atoms with Crippen molar-refractivity contribution in [3.63, 3.8) is 0 Å². The average Bonchev–Trinajstić information content (AvgIpc) is 3.41. The lowest BCUT2D eigenvalue weighted by Gasteiger charge is -2.16. The Morgan fingerprint density at radius 3 is 2.83 bits per heavy atom. The van der Waals surface area contributed by atoms with Crippen LogP contribution in [0.25, 0.3) is 16.8 Å². The van der Waals surface area contributed by atoms with Gasteiger partial charge in [0.15, 0.2) is 11.5 Å². The summed E-state index contributed by atoms with van der Waals surface area (Å²) in [4.78, 5) is 15.6. The minimum Gasteiger partial charge on any atom is -0.481 e. The Balaban J connectivity index is 1.33. The Morgan fingerprint density at radius 1 is 1.07 bits per heavy atom. The summed E-state index contributed by atoms with van der Waals surface area (Å²) >= 11 is 0. The summed E-state index contributed by atoms with van der Waals surface area (Å²) in [5.74, 6) is 1.95. The fourth-order valence-corrected chi connectivity index (χ4v) is 3.94. The molecule has 0 N–H and O–H groups in total. The smallest absolute Gasteiger partial charge is 0.217 e. The van der Waals surface area contributed by atoms with Crippen molar-refractivity contribution in [2.75, 3.05) is 20.2 Å². The maximum atomic E-state index is 5.38. The molecular formula is C22H22N6O. The Kier molecular flexibility index (Phi) is 4.65. The van der Waals surface area contributed by atoms with E-state index in [1.807, 2.05) is 35.0 Å². The maximum Gasteiger partial charge on any atom is 0.217 e. The minimum absolute atomic E-state index is 0.335. The van der Waals surface area contributed by atoms with Crippen LogP contribution in [0.1, 0.15) is 23.7 Å². The Labute approximate surface area is 169 Å². The lowest BCUT2D eigenvalue weighted by atomic mass is 10.1. The normalized spacial score (nSPS) is 17.1. The summed E-state index contributed by atoms with van der Waals surface area (Å²) in [5.41, 5.74) is 4.22. The number of hydrogen-bond acceptors (Lipinski definition) is 6. The van der Waals surface area contributed by atoms with Gasteiger partial charge in [0.25, 0.3) is 0 Å². The number of pyridine rings is 3. The second-order valence-corrected chi connectivity index (χ2v) is 7.32. The molecule has 0 aliphatic carbocycles. The van der Waals surface area contributed by atoms with E-state index >= 15 is 0 Å². The predicted molar refractivity (Wildman–Crippen MR) is 110 cm³/mol. The molecule has 1 aliphatic heterocycles. The molecule has 4 aromatic rings. The van der Waals surface area contributed by atoms with Crippen LogP contribution in [0.2, 0.25) is 0 Å². The monoisotopic (exact) mass is 386 g/mol. The molecule has 5 heterocycles. The fraction of sp³-hybridized carbons (Fsp3) is 0.273. The van der Waals surface area contributed by atoms with Crippen molar-refractivity contribution in [2.24, 2.45) is 0 Å². The molecule has 146 valence electrons. The highest BCUT2D eigenvalue weighted by atomic mass is 16.5. The van der Waals surface area contributed by atoms with Gasteiger partial charge in [-0.3, -0.25) is 9.88 Å². The van der Waals surface area contributed by atoms with Crippen molar-refractivity contribution in [1.82, 2.24) is 29.5 Å². The first kappa shape index (κ1) is 17.8. The number of aromatic nitrogens is 5. The third kappa shape index (κ3) is 3.56. The zero-order chi connectivity index (χ0) is 19.6. The molecular weight excluding hydrogens is 364 g/mol. The minimum atomic E-state index is 0.335. The van der Waals surface area contributed by atoms with Crippen molar-refractivity contribution >= 4 is 5.65 Å². The second-order valence-electron chi connectivity index (χ2n) is 7.32. The van der Waals surface area contributed by atoms with Crippen LogP contribution in [0.15, 0.2) is 61.2 Å². The van der Waals surface area contributed by atoms with E-state index in [2.05, 4.69) is 27.0 Å². The molecule has 0 saturated carbocycles.